The summed E-state index contributed by atoms with van der Waals surface area (Å²) in [6, 6.07) is 14.5. The van der Waals surface area contributed by atoms with Gasteiger partial charge in [-0.05, 0) is 61.6 Å². The topological polar surface area (TPSA) is 54.5 Å². The predicted octanol–water partition coefficient (Wildman–Crippen LogP) is 6.53. The Morgan fingerprint density at radius 3 is 2.15 bits per heavy atom. The first-order chi connectivity index (χ1) is 15.4. The lowest BCUT2D eigenvalue weighted by Gasteiger charge is -2.49. The molecule has 1 amide bonds. The molecule has 7 heteroatoms. The number of carbonyl (C=O) groups excluding carboxylic acids is 1. The largest absolute Gasteiger partial charge is 0.331 e. The molecule has 0 radical (unpaired) electrons. The average molecular weight is 511 g/mol. The van der Waals surface area contributed by atoms with Crippen molar-refractivity contribution in [3.63, 3.8) is 0 Å². The van der Waals surface area contributed by atoms with Crippen LogP contribution in [0, 0.1) is 11.8 Å². The van der Waals surface area contributed by atoms with E-state index in [0.29, 0.717) is 16.5 Å². The van der Waals surface area contributed by atoms with E-state index in [1.54, 1.807) is 13.8 Å². The number of nitrogens with zero attached hydrogens (tertiary/aromatic N) is 1. The molecular weight excluding hydrogens is 477 g/mol. The van der Waals surface area contributed by atoms with Crippen LogP contribution in [0.3, 0.4) is 0 Å². The quantitative estimate of drug-likeness (QED) is 0.425. The number of rotatable bonds is 7. The first-order valence-electron chi connectivity index (χ1n) is 11.5. The molecule has 1 heterocycles. The zero-order chi connectivity index (χ0) is 24.5. The molecule has 33 heavy (non-hydrogen) atoms. The molecule has 2 aromatic rings. The van der Waals surface area contributed by atoms with Crippen molar-refractivity contribution < 1.29 is 13.2 Å². The lowest BCUT2D eigenvalue weighted by Crippen LogP contribution is -2.55. The second-order valence-corrected chi connectivity index (χ2v) is 13.2. The number of piperidine rings is 1. The van der Waals surface area contributed by atoms with Crippen molar-refractivity contribution in [3.05, 3.63) is 69.7 Å². The number of sulfone groups is 1. The Morgan fingerprint density at radius 1 is 0.970 bits per heavy atom. The van der Waals surface area contributed by atoms with Crippen LogP contribution in [-0.2, 0) is 14.6 Å². The standard InChI is InChI=1S/C26H33Cl2NO3S/c1-16(2)24(15-33(31,32)17(3)4)29-25(19-9-11-21(27)12-10-19)23(13-18(5)26(29)30)20-7-6-8-22(28)14-20/h6-12,14,16-18,23-25H,13,15H2,1-5H3/t18?,23?,24-,25?/m1/s1. The number of benzene rings is 2. The summed E-state index contributed by atoms with van der Waals surface area (Å²) in [5.74, 6) is -0.373. The van der Waals surface area contributed by atoms with Crippen molar-refractivity contribution in [2.75, 3.05) is 5.75 Å². The summed E-state index contributed by atoms with van der Waals surface area (Å²) >= 11 is 12.5. The number of carbonyl (C=O) groups is 1. The van der Waals surface area contributed by atoms with E-state index in [2.05, 4.69) is 0 Å². The summed E-state index contributed by atoms with van der Waals surface area (Å²) in [4.78, 5) is 15.6. The van der Waals surface area contributed by atoms with Gasteiger partial charge in [-0.25, -0.2) is 8.42 Å². The molecule has 1 fully saturated rings. The van der Waals surface area contributed by atoms with Crippen molar-refractivity contribution in [3.8, 4) is 0 Å². The molecule has 1 saturated heterocycles. The summed E-state index contributed by atoms with van der Waals surface area (Å²) in [5.41, 5.74) is 1.98. The molecule has 1 aliphatic heterocycles. The fourth-order valence-corrected chi connectivity index (χ4v) is 6.43. The zero-order valence-corrected chi connectivity index (χ0v) is 22.2. The van der Waals surface area contributed by atoms with Gasteiger partial charge in [0.25, 0.3) is 0 Å². The molecule has 0 N–H and O–H groups in total. The van der Waals surface area contributed by atoms with E-state index < -0.39 is 21.1 Å². The highest BCUT2D eigenvalue weighted by molar-refractivity contribution is 7.92. The average Bonchev–Trinajstić information content (AvgIpc) is 2.74. The monoisotopic (exact) mass is 509 g/mol. The van der Waals surface area contributed by atoms with E-state index >= 15 is 0 Å². The lowest BCUT2D eigenvalue weighted by molar-refractivity contribution is -0.146. The van der Waals surface area contributed by atoms with E-state index in [1.165, 1.54) is 0 Å². The third-order valence-electron chi connectivity index (χ3n) is 6.70. The van der Waals surface area contributed by atoms with E-state index in [9.17, 15) is 13.2 Å². The minimum absolute atomic E-state index is 0.00844. The van der Waals surface area contributed by atoms with Gasteiger partial charge in [0.15, 0.2) is 9.84 Å². The first kappa shape index (κ1) is 26.1. The molecule has 0 saturated carbocycles. The molecule has 3 rings (SSSR count). The Kier molecular flexibility index (Phi) is 8.19. The van der Waals surface area contributed by atoms with Crippen molar-refractivity contribution in [1.29, 1.82) is 0 Å². The fourth-order valence-electron chi connectivity index (χ4n) is 4.70. The SMILES string of the molecule is CC1CC(c2cccc(Cl)c2)C(c2ccc(Cl)cc2)N([C@H](CS(=O)(=O)C(C)C)C(C)C)C1=O. The number of likely N-dealkylation sites (tertiary alicyclic amines) is 1. The van der Waals surface area contributed by atoms with Crippen LogP contribution >= 0.6 is 23.2 Å². The van der Waals surface area contributed by atoms with Crippen LogP contribution in [0.15, 0.2) is 48.5 Å². The molecule has 3 unspecified atom stereocenters. The molecule has 1 aliphatic rings. The third kappa shape index (κ3) is 5.75. The van der Waals surface area contributed by atoms with Gasteiger partial charge in [0, 0.05) is 27.9 Å². The van der Waals surface area contributed by atoms with E-state index in [1.807, 2.05) is 74.2 Å². The van der Waals surface area contributed by atoms with Crippen LogP contribution in [0.2, 0.25) is 10.0 Å². The van der Waals surface area contributed by atoms with Gasteiger partial charge < -0.3 is 4.90 Å². The summed E-state index contributed by atoms with van der Waals surface area (Å²) < 4.78 is 26.0. The van der Waals surface area contributed by atoms with Gasteiger partial charge in [0.05, 0.1) is 17.0 Å². The van der Waals surface area contributed by atoms with Crippen molar-refractivity contribution in [2.24, 2.45) is 11.8 Å². The Balaban J connectivity index is 2.19. The van der Waals surface area contributed by atoms with Crippen molar-refractivity contribution >= 4 is 38.9 Å². The number of halogens is 2. The molecular formula is C26H33Cl2NO3S. The highest BCUT2D eigenvalue weighted by Crippen LogP contribution is 2.47. The van der Waals surface area contributed by atoms with Crippen LogP contribution < -0.4 is 0 Å². The maximum atomic E-state index is 13.7. The second kappa shape index (κ2) is 10.4. The number of hydrogen-bond acceptors (Lipinski definition) is 3. The maximum absolute atomic E-state index is 13.7. The Labute approximate surface area is 208 Å². The normalized spacial score (nSPS) is 22.8. The molecule has 2 aromatic carbocycles. The molecule has 0 aliphatic carbocycles. The van der Waals surface area contributed by atoms with Crippen molar-refractivity contribution in [2.45, 2.75) is 64.3 Å². The lowest BCUT2D eigenvalue weighted by atomic mass is 9.75. The summed E-state index contributed by atoms with van der Waals surface area (Å²) in [6.45, 7) is 9.29. The maximum Gasteiger partial charge on any atom is 0.226 e. The van der Waals surface area contributed by atoms with Crippen LogP contribution in [0.4, 0.5) is 0 Å². The van der Waals surface area contributed by atoms with Gasteiger partial charge >= 0.3 is 0 Å². The molecule has 0 spiro atoms. The molecule has 180 valence electrons. The van der Waals surface area contributed by atoms with Crippen LogP contribution in [0.5, 0.6) is 0 Å². The Morgan fingerprint density at radius 2 is 1.61 bits per heavy atom. The third-order valence-corrected chi connectivity index (χ3v) is 9.43. The molecule has 4 atom stereocenters. The second-order valence-electron chi connectivity index (χ2n) is 9.73. The van der Waals surface area contributed by atoms with Gasteiger partial charge in [-0.3, -0.25) is 4.79 Å². The van der Waals surface area contributed by atoms with E-state index in [0.717, 1.165) is 11.1 Å². The Hall–Kier alpha value is -1.56. The molecule has 4 nitrogen and oxygen atoms in total. The van der Waals surface area contributed by atoms with Crippen molar-refractivity contribution in [1.82, 2.24) is 4.90 Å². The van der Waals surface area contributed by atoms with E-state index in [4.69, 9.17) is 23.2 Å². The first-order valence-corrected chi connectivity index (χ1v) is 13.9. The number of hydrogen-bond donors (Lipinski definition) is 0. The highest BCUT2D eigenvalue weighted by Gasteiger charge is 2.46. The molecule has 0 bridgehead atoms. The highest BCUT2D eigenvalue weighted by atomic mass is 35.5. The van der Waals surface area contributed by atoms with Gasteiger partial charge in [0.2, 0.25) is 5.91 Å². The smallest absolute Gasteiger partial charge is 0.226 e. The van der Waals surface area contributed by atoms with Gasteiger partial charge in [0.1, 0.15) is 0 Å². The summed E-state index contributed by atoms with van der Waals surface area (Å²) in [6.07, 6.45) is 0.657. The predicted molar refractivity (Wildman–Crippen MR) is 137 cm³/mol. The van der Waals surface area contributed by atoms with E-state index in [-0.39, 0.29) is 35.5 Å². The van der Waals surface area contributed by atoms with Crippen LogP contribution in [-0.4, -0.2) is 36.3 Å². The number of amides is 1. The Bertz CT molecular complexity index is 1080. The zero-order valence-electron chi connectivity index (χ0n) is 19.8. The minimum Gasteiger partial charge on any atom is -0.331 e. The summed E-state index contributed by atoms with van der Waals surface area (Å²) in [5, 5.41) is 0.748. The minimum atomic E-state index is -3.37. The van der Waals surface area contributed by atoms with Gasteiger partial charge in [-0.2, -0.15) is 0 Å². The van der Waals surface area contributed by atoms with Gasteiger partial charge in [-0.1, -0.05) is 68.2 Å². The summed E-state index contributed by atoms with van der Waals surface area (Å²) in [7, 11) is -3.37. The van der Waals surface area contributed by atoms with Crippen LogP contribution in [0.1, 0.15) is 64.1 Å². The molecule has 0 aromatic heterocycles. The van der Waals surface area contributed by atoms with Gasteiger partial charge in [-0.15, -0.1) is 0 Å². The van der Waals surface area contributed by atoms with Crippen LogP contribution in [0.25, 0.3) is 0 Å². The fraction of sp³-hybridized carbons (Fsp3) is 0.500.